The van der Waals surface area contributed by atoms with Gasteiger partial charge in [0.2, 0.25) is 11.1 Å². The van der Waals surface area contributed by atoms with E-state index < -0.39 is 34.9 Å². The molecule has 3 saturated carbocycles. The molecule has 1 aromatic heterocycles. The Labute approximate surface area is 256 Å². The summed E-state index contributed by atoms with van der Waals surface area (Å²) >= 11 is 1.01. The van der Waals surface area contributed by atoms with E-state index >= 15 is 0 Å². The van der Waals surface area contributed by atoms with E-state index in [-0.39, 0.29) is 51.4 Å². The van der Waals surface area contributed by atoms with Gasteiger partial charge in [-0.1, -0.05) is 57.7 Å². The van der Waals surface area contributed by atoms with Gasteiger partial charge in [-0.05, 0) is 55.1 Å². The molecule has 10 nitrogen and oxygen atoms in total. The molecule has 3 N–H and O–H groups in total. The number of carbonyl (C=O) groups excluding carboxylic acids is 3. The lowest BCUT2D eigenvalue weighted by molar-refractivity contribution is -0.205. The predicted octanol–water partition coefficient (Wildman–Crippen LogP) is 4.56. The van der Waals surface area contributed by atoms with Gasteiger partial charge in [-0.3, -0.25) is 14.4 Å². The summed E-state index contributed by atoms with van der Waals surface area (Å²) in [5, 5.41) is 16.1. The largest absolute Gasteiger partial charge is 0.496 e. The number of benzene rings is 1. The zero-order chi connectivity index (χ0) is 31.3. The number of hydrogen-bond acceptors (Lipinski definition) is 10. The number of anilines is 1. The molecule has 5 rings (SSSR count). The van der Waals surface area contributed by atoms with Crippen LogP contribution in [0.4, 0.5) is 5.95 Å². The normalized spacial score (nSPS) is 35.4. The second-order valence-corrected chi connectivity index (χ2v) is 14.0. The van der Waals surface area contributed by atoms with E-state index in [1.165, 1.54) is 7.11 Å². The van der Waals surface area contributed by atoms with Crippen molar-refractivity contribution in [3.8, 4) is 5.75 Å². The van der Waals surface area contributed by atoms with Gasteiger partial charge in [0.1, 0.15) is 17.6 Å². The highest BCUT2D eigenvalue weighted by atomic mass is 32.2. The molecule has 0 aliphatic heterocycles. The van der Waals surface area contributed by atoms with Crippen molar-refractivity contribution < 1.29 is 29.0 Å². The summed E-state index contributed by atoms with van der Waals surface area (Å²) in [6.45, 7) is 12.4. The Kier molecular flexibility index (Phi) is 8.28. The molecular weight excluding hydrogens is 568 g/mol. The molecule has 1 heterocycles. The number of Topliss-reactive ketones (excluding diaryl/α,β-unsaturated/α-hetero) is 1. The zero-order valence-electron chi connectivity index (χ0n) is 25.5. The number of hydrogen-bond donors (Lipinski definition) is 2. The fourth-order valence-corrected chi connectivity index (χ4v) is 8.88. The Balaban J connectivity index is 1.38. The molecule has 11 heteroatoms. The Hall–Kier alpha value is -3.18. The van der Waals surface area contributed by atoms with Crippen molar-refractivity contribution in [3.63, 3.8) is 0 Å². The van der Waals surface area contributed by atoms with Gasteiger partial charge >= 0.3 is 5.97 Å². The van der Waals surface area contributed by atoms with Gasteiger partial charge in [-0.25, -0.2) is 0 Å². The van der Waals surface area contributed by atoms with Crippen LogP contribution in [0.3, 0.4) is 0 Å². The smallest absolute Gasteiger partial charge is 0.316 e. The number of thioether (sulfide) groups is 1. The Morgan fingerprint density at radius 1 is 1.26 bits per heavy atom. The molecule has 0 amide bonds. The Morgan fingerprint density at radius 3 is 2.67 bits per heavy atom. The molecule has 0 saturated heterocycles. The molecular formula is C32H42N4O6S. The minimum Gasteiger partial charge on any atom is -0.496 e. The second-order valence-electron chi connectivity index (χ2n) is 13.0. The molecule has 0 unspecified atom stereocenters. The van der Waals surface area contributed by atoms with Crippen molar-refractivity contribution >= 4 is 35.4 Å². The molecule has 0 spiro atoms. The highest BCUT2D eigenvalue weighted by Crippen LogP contribution is 2.68. The van der Waals surface area contributed by atoms with Crippen LogP contribution in [0, 0.1) is 34.0 Å². The van der Waals surface area contributed by atoms with Gasteiger partial charge in [0.05, 0.1) is 24.5 Å². The van der Waals surface area contributed by atoms with Crippen LogP contribution >= 0.6 is 11.8 Å². The summed E-state index contributed by atoms with van der Waals surface area (Å²) in [6.07, 6.45) is 3.76. The number of esters is 1. The summed E-state index contributed by atoms with van der Waals surface area (Å²) < 4.78 is 12.5. The molecule has 3 aliphatic carbocycles. The lowest BCUT2D eigenvalue weighted by atomic mass is 9.44. The van der Waals surface area contributed by atoms with Gasteiger partial charge in [0.15, 0.2) is 0 Å². The van der Waals surface area contributed by atoms with Crippen LogP contribution in [-0.4, -0.2) is 62.6 Å². The van der Waals surface area contributed by atoms with Crippen LogP contribution < -0.4 is 10.5 Å². The van der Waals surface area contributed by atoms with Crippen molar-refractivity contribution in [2.75, 3.05) is 18.6 Å². The lowest BCUT2D eigenvalue weighted by Crippen LogP contribution is -2.63. The minimum atomic E-state index is -0.733. The van der Waals surface area contributed by atoms with Crippen molar-refractivity contribution in [3.05, 3.63) is 42.5 Å². The van der Waals surface area contributed by atoms with E-state index in [0.717, 1.165) is 35.7 Å². The summed E-state index contributed by atoms with van der Waals surface area (Å²) in [7, 11) is 1.47. The van der Waals surface area contributed by atoms with E-state index in [1.807, 2.05) is 6.92 Å². The first-order valence-electron chi connectivity index (χ1n) is 14.9. The average molecular weight is 611 g/mol. The van der Waals surface area contributed by atoms with Crippen LogP contribution in [0.2, 0.25) is 0 Å². The third kappa shape index (κ3) is 4.98. The molecule has 0 radical (unpaired) electrons. The second kappa shape index (κ2) is 11.4. The van der Waals surface area contributed by atoms with Crippen LogP contribution in [0.25, 0.3) is 0 Å². The van der Waals surface area contributed by atoms with Gasteiger partial charge in [0, 0.05) is 23.2 Å². The number of rotatable bonds is 7. The number of nitrogens with zero attached hydrogens (tertiary/aromatic N) is 3. The number of aliphatic hydroxyl groups excluding tert-OH is 1. The summed E-state index contributed by atoms with van der Waals surface area (Å²) in [6, 6.07) is 6.72. The topological polar surface area (TPSA) is 147 Å². The van der Waals surface area contributed by atoms with E-state index in [4.69, 9.17) is 15.2 Å². The number of aliphatic hydroxyl groups is 1. The number of aromatic nitrogens is 3. The molecule has 8 atom stereocenters. The van der Waals surface area contributed by atoms with Gasteiger partial charge in [-0.2, -0.15) is 9.67 Å². The maximum absolute atomic E-state index is 13.6. The Morgan fingerprint density at radius 2 is 1.98 bits per heavy atom. The Bertz CT molecular complexity index is 1440. The van der Waals surface area contributed by atoms with Crippen LogP contribution in [0.15, 0.2) is 42.1 Å². The number of carbonyl (C=O) groups is 3. The molecule has 2 bridgehead atoms. The molecule has 3 aliphatic rings. The summed E-state index contributed by atoms with van der Waals surface area (Å²) in [4.78, 5) is 44.3. The van der Waals surface area contributed by atoms with Crippen molar-refractivity contribution in [1.82, 2.24) is 14.8 Å². The van der Waals surface area contributed by atoms with Gasteiger partial charge in [0.25, 0.3) is 5.91 Å². The number of ketones is 1. The molecule has 43 heavy (non-hydrogen) atoms. The quantitative estimate of drug-likeness (QED) is 0.260. The van der Waals surface area contributed by atoms with E-state index in [0.29, 0.717) is 18.6 Å². The highest BCUT2D eigenvalue weighted by molar-refractivity contribution is 7.99. The number of nitrogens with two attached hydrogens (primary N) is 1. The van der Waals surface area contributed by atoms with Gasteiger partial charge in [-0.15, -0.1) is 11.7 Å². The maximum atomic E-state index is 13.6. The monoisotopic (exact) mass is 610 g/mol. The fraction of sp³-hybridized carbons (Fsp3) is 0.594. The number of nitrogen functional groups attached to an aromatic ring is 1. The van der Waals surface area contributed by atoms with Crippen molar-refractivity contribution in [1.29, 1.82) is 0 Å². The third-order valence-electron chi connectivity index (χ3n) is 11.0. The first-order chi connectivity index (χ1) is 20.3. The lowest BCUT2D eigenvalue weighted by Gasteiger charge is -2.61. The summed E-state index contributed by atoms with van der Waals surface area (Å²) in [5.41, 5.74) is 4.63. The zero-order valence-corrected chi connectivity index (χ0v) is 26.4. The molecule has 232 valence electrons. The average Bonchev–Trinajstić information content (AvgIpc) is 3.56. The van der Waals surface area contributed by atoms with Crippen LogP contribution in [0.5, 0.6) is 5.75 Å². The summed E-state index contributed by atoms with van der Waals surface area (Å²) in [5.74, 6) is -0.930. The number of methoxy groups -OCH3 is 1. The van der Waals surface area contributed by atoms with Crippen molar-refractivity contribution in [2.45, 2.75) is 77.2 Å². The van der Waals surface area contributed by atoms with Crippen molar-refractivity contribution in [2.24, 2.45) is 34.0 Å². The van der Waals surface area contributed by atoms with E-state index in [1.54, 1.807) is 30.3 Å². The minimum absolute atomic E-state index is 0.101. The van der Waals surface area contributed by atoms with Gasteiger partial charge < -0.3 is 20.3 Å². The SMILES string of the molecule is C=C[C@]1(C)C[C@@H](OC(=O)CSc2nc(N)n(C(=O)c3ccccc3OC)n2)[C@]2(C)[C@H](C)CC[C@]3(CCC(=O)[C@H]32)[C@@H](C)[C@@H]1O. The third-order valence-corrected chi connectivity index (χ3v) is 11.8. The standard InChI is InChI=1S/C32H42N4O6S/c1-7-30(4)16-23(31(5)18(2)12-14-32(19(3)26(30)39)15-13-21(37)25(31)32)42-24(38)17-43-29-34-28(33)36(35-29)27(40)20-10-8-9-11-22(20)41-6/h7-11,18-19,23,25-26,39H,1,12-17H2,2-6H3,(H2,33,34,35)/t18-,19+,23-,25+,26+,30-,31+,32+/m1/s1. The van der Waals surface area contributed by atoms with E-state index in [2.05, 4.69) is 37.4 Å². The van der Waals surface area contributed by atoms with E-state index in [9.17, 15) is 19.5 Å². The first kappa shape index (κ1) is 31.3. The fourth-order valence-electron chi connectivity index (χ4n) is 8.27. The maximum Gasteiger partial charge on any atom is 0.316 e. The molecule has 1 aromatic carbocycles. The number of ether oxygens (including phenoxy) is 2. The highest BCUT2D eigenvalue weighted by Gasteiger charge is 2.68. The first-order valence-corrected chi connectivity index (χ1v) is 15.9. The van der Waals surface area contributed by atoms with Crippen LogP contribution in [0.1, 0.15) is 70.2 Å². The molecule has 2 aromatic rings. The molecule has 3 fully saturated rings. The van der Waals surface area contributed by atoms with Crippen LogP contribution in [-0.2, 0) is 14.3 Å². The number of para-hydroxylation sites is 1. The predicted molar refractivity (Wildman–Crippen MR) is 163 cm³/mol.